The number of carbonyl (C=O) groups excluding carboxylic acids is 1. The number of benzene rings is 2. The number of ether oxygens (including phenoxy) is 1. The SMILES string of the molecule is COc1ccc(C)cc1-n1nnnc1S[C@@H](C)C(=O)c1ccc(Br)cc1. The molecule has 0 aliphatic heterocycles. The molecule has 0 N–H and O–H groups in total. The standard InChI is InChI=1S/C18H17BrN4O2S/c1-11-4-9-16(25-3)15(10-11)23-18(20-21-22-23)26-12(2)17(24)13-5-7-14(19)8-6-13/h4-10,12H,1-3H3/t12-/m0/s1. The number of rotatable bonds is 6. The van der Waals surface area contributed by atoms with Crippen LogP contribution in [-0.2, 0) is 0 Å². The maximum atomic E-state index is 12.7. The van der Waals surface area contributed by atoms with Crippen LogP contribution in [0.5, 0.6) is 5.75 Å². The summed E-state index contributed by atoms with van der Waals surface area (Å²) in [5, 5.41) is 12.1. The fraction of sp³-hybridized carbons (Fsp3) is 0.222. The van der Waals surface area contributed by atoms with Crippen LogP contribution in [0.1, 0.15) is 22.8 Å². The third kappa shape index (κ3) is 3.96. The highest BCUT2D eigenvalue weighted by Gasteiger charge is 2.21. The van der Waals surface area contributed by atoms with Crippen molar-refractivity contribution < 1.29 is 9.53 Å². The van der Waals surface area contributed by atoms with Gasteiger partial charge in [-0.1, -0.05) is 45.9 Å². The van der Waals surface area contributed by atoms with Crippen molar-refractivity contribution in [1.29, 1.82) is 0 Å². The first kappa shape index (κ1) is 18.6. The van der Waals surface area contributed by atoms with Gasteiger partial charge in [0.15, 0.2) is 5.78 Å². The smallest absolute Gasteiger partial charge is 0.214 e. The molecule has 8 heteroatoms. The summed E-state index contributed by atoms with van der Waals surface area (Å²) < 4.78 is 7.95. The lowest BCUT2D eigenvalue weighted by Gasteiger charge is -2.12. The van der Waals surface area contributed by atoms with E-state index in [1.165, 1.54) is 11.8 Å². The molecule has 3 rings (SSSR count). The Morgan fingerprint density at radius 3 is 2.65 bits per heavy atom. The molecular formula is C18H17BrN4O2S. The van der Waals surface area contributed by atoms with Crippen molar-refractivity contribution >= 4 is 33.5 Å². The van der Waals surface area contributed by atoms with Crippen LogP contribution < -0.4 is 4.74 Å². The van der Waals surface area contributed by atoms with E-state index in [0.29, 0.717) is 16.5 Å². The molecule has 0 aliphatic carbocycles. The number of thioether (sulfide) groups is 1. The van der Waals surface area contributed by atoms with Gasteiger partial charge in [-0.2, -0.15) is 4.68 Å². The number of nitrogens with zero attached hydrogens (tertiary/aromatic N) is 4. The predicted octanol–water partition coefficient (Wildman–Crippen LogP) is 4.11. The molecule has 6 nitrogen and oxygen atoms in total. The number of methoxy groups -OCH3 is 1. The molecule has 134 valence electrons. The Labute approximate surface area is 164 Å². The first-order valence-corrected chi connectivity index (χ1v) is 9.56. The van der Waals surface area contributed by atoms with E-state index in [1.54, 1.807) is 23.9 Å². The molecule has 0 amide bonds. The molecule has 0 radical (unpaired) electrons. The summed E-state index contributed by atoms with van der Waals surface area (Å²) in [6.45, 7) is 3.83. The monoisotopic (exact) mass is 432 g/mol. The molecule has 1 heterocycles. The van der Waals surface area contributed by atoms with Gasteiger partial charge in [-0.05, 0) is 54.1 Å². The highest BCUT2D eigenvalue weighted by atomic mass is 79.9. The maximum Gasteiger partial charge on any atom is 0.214 e. The van der Waals surface area contributed by atoms with Crippen LogP contribution in [0.3, 0.4) is 0 Å². The van der Waals surface area contributed by atoms with E-state index in [1.807, 2.05) is 44.2 Å². The average molecular weight is 433 g/mol. The number of hydrogen-bond acceptors (Lipinski definition) is 6. The molecule has 0 spiro atoms. The number of aryl methyl sites for hydroxylation is 1. The molecule has 0 saturated carbocycles. The number of carbonyl (C=O) groups is 1. The lowest BCUT2D eigenvalue weighted by Crippen LogP contribution is -2.14. The summed E-state index contributed by atoms with van der Waals surface area (Å²) in [5.74, 6) is 0.685. The molecule has 1 atom stereocenters. The maximum absolute atomic E-state index is 12.7. The van der Waals surface area contributed by atoms with Crippen molar-refractivity contribution in [1.82, 2.24) is 20.2 Å². The van der Waals surface area contributed by atoms with Crippen molar-refractivity contribution in [2.75, 3.05) is 7.11 Å². The van der Waals surface area contributed by atoms with Crippen LogP contribution in [0.15, 0.2) is 52.1 Å². The van der Waals surface area contributed by atoms with Crippen molar-refractivity contribution in [3.63, 3.8) is 0 Å². The largest absolute Gasteiger partial charge is 0.494 e. The Kier molecular flexibility index (Phi) is 5.73. The van der Waals surface area contributed by atoms with E-state index in [9.17, 15) is 4.79 Å². The fourth-order valence-corrected chi connectivity index (χ4v) is 3.57. The van der Waals surface area contributed by atoms with Gasteiger partial charge >= 0.3 is 0 Å². The second-order valence-corrected chi connectivity index (χ2v) is 7.90. The molecular weight excluding hydrogens is 416 g/mol. The highest BCUT2D eigenvalue weighted by Crippen LogP contribution is 2.29. The zero-order valence-corrected chi connectivity index (χ0v) is 16.9. The van der Waals surface area contributed by atoms with Crippen LogP contribution in [0, 0.1) is 6.92 Å². The van der Waals surface area contributed by atoms with E-state index >= 15 is 0 Å². The number of hydrogen-bond donors (Lipinski definition) is 0. The summed E-state index contributed by atoms with van der Waals surface area (Å²) in [4.78, 5) is 12.7. The van der Waals surface area contributed by atoms with Gasteiger partial charge in [0.2, 0.25) is 5.16 Å². The zero-order valence-electron chi connectivity index (χ0n) is 14.5. The van der Waals surface area contributed by atoms with Crippen molar-refractivity contribution in [3.05, 3.63) is 58.1 Å². The van der Waals surface area contributed by atoms with Gasteiger partial charge in [-0.15, -0.1) is 5.10 Å². The second-order valence-electron chi connectivity index (χ2n) is 5.68. The lowest BCUT2D eigenvalue weighted by atomic mass is 10.1. The Balaban J connectivity index is 1.86. The van der Waals surface area contributed by atoms with Crippen LogP contribution >= 0.6 is 27.7 Å². The first-order chi connectivity index (χ1) is 12.5. The minimum Gasteiger partial charge on any atom is -0.494 e. The second kappa shape index (κ2) is 8.01. The summed E-state index contributed by atoms with van der Waals surface area (Å²) in [7, 11) is 1.60. The summed E-state index contributed by atoms with van der Waals surface area (Å²) in [6, 6.07) is 13.1. The molecule has 0 aliphatic rings. The molecule has 2 aromatic carbocycles. The Hall–Kier alpha value is -2.19. The fourth-order valence-electron chi connectivity index (χ4n) is 2.43. The van der Waals surface area contributed by atoms with E-state index in [2.05, 4.69) is 31.5 Å². The number of halogens is 1. The van der Waals surface area contributed by atoms with Crippen LogP contribution in [0.4, 0.5) is 0 Å². The zero-order chi connectivity index (χ0) is 18.7. The van der Waals surface area contributed by atoms with Crippen molar-refractivity contribution in [2.24, 2.45) is 0 Å². The molecule has 1 aromatic heterocycles. The van der Waals surface area contributed by atoms with Crippen molar-refractivity contribution in [3.8, 4) is 11.4 Å². The number of Topliss-reactive ketones (excluding diaryl/α,β-unsaturated/α-hetero) is 1. The quantitative estimate of drug-likeness (QED) is 0.431. The van der Waals surface area contributed by atoms with Gasteiger partial charge in [0.1, 0.15) is 11.4 Å². The van der Waals surface area contributed by atoms with Gasteiger partial charge in [0.25, 0.3) is 0 Å². The molecule has 3 aromatic rings. The van der Waals surface area contributed by atoms with Crippen LogP contribution in [-0.4, -0.2) is 38.4 Å². The molecule has 0 saturated heterocycles. The van der Waals surface area contributed by atoms with Crippen molar-refractivity contribution in [2.45, 2.75) is 24.3 Å². The average Bonchev–Trinajstić information content (AvgIpc) is 3.09. The minimum absolute atomic E-state index is 0.0215. The van der Waals surface area contributed by atoms with E-state index in [0.717, 1.165) is 15.7 Å². The minimum atomic E-state index is -0.336. The number of tetrazole rings is 1. The van der Waals surface area contributed by atoms with Gasteiger partial charge < -0.3 is 4.74 Å². The summed E-state index contributed by atoms with van der Waals surface area (Å²) in [6.07, 6.45) is 0. The Bertz CT molecular complexity index is 927. The number of ketones is 1. The summed E-state index contributed by atoms with van der Waals surface area (Å²) >= 11 is 4.69. The highest BCUT2D eigenvalue weighted by molar-refractivity contribution is 9.10. The molecule has 26 heavy (non-hydrogen) atoms. The van der Waals surface area contributed by atoms with E-state index < -0.39 is 0 Å². The van der Waals surface area contributed by atoms with E-state index in [-0.39, 0.29) is 11.0 Å². The van der Waals surface area contributed by atoms with Gasteiger partial charge in [-0.3, -0.25) is 4.79 Å². The van der Waals surface area contributed by atoms with Gasteiger partial charge in [-0.25, -0.2) is 0 Å². The molecule has 0 bridgehead atoms. The third-order valence-corrected chi connectivity index (χ3v) is 5.35. The summed E-state index contributed by atoms with van der Waals surface area (Å²) in [5.41, 5.74) is 2.45. The first-order valence-electron chi connectivity index (χ1n) is 7.89. The van der Waals surface area contributed by atoms with Crippen LogP contribution in [0.2, 0.25) is 0 Å². The Morgan fingerprint density at radius 1 is 1.23 bits per heavy atom. The molecule has 0 fully saturated rings. The Morgan fingerprint density at radius 2 is 1.96 bits per heavy atom. The normalized spacial score (nSPS) is 12.0. The van der Waals surface area contributed by atoms with E-state index in [4.69, 9.17) is 4.74 Å². The topological polar surface area (TPSA) is 69.9 Å². The van der Waals surface area contributed by atoms with Gasteiger partial charge in [0, 0.05) is 10.0 Å². The molecule has 0 unspecified atom stereocenters. The predicted molar refractivity (Wildman–Crippen MR) is 104 cm³/mol. The number of aromatic nitrogens is 4. The van der Waals surface area contributed by atoms with Crippen LogP contribution in [0.25, 0.3) is 5.69 Å². The lowest BCUT2D eigenvalue weighted by molar-refractivity contribution is 0.0994. The third-order valence-electron chi connectivity index (χ3n) is 3.78. The van der Waals surface area contributed by atoms with Gasteiger partial charge in [0.05, 0.1) is 12.4 Å².